The second-order valence-electron chi connectivity index (χ2n) is 4.89. The molecule has 5 nitrogen and oxygen atoms in total. The Balaban J connectivity index is 2.32. The highest BCUT2D eigenvalue weighted by atomic mass is 19.1. The molecular weight excluding hydrogens is 285 g/mol. The van der Waals surface area contributed by atoms with Gasteiger partial charge in [-0.3, -0.25) is 14.8 Å². The molecule has 0 aliphatic carbocycles. The number of aliphatic hydroxyl groups is 1. The highest BCUT2D eigenvalue weighted by Gasteiger charge is 2.25. The summed E-state index contributed by atoms with van der Waals surface area (Å²) in [6.07, 6.45) is 6.23. The van der Waals surface area contributed by atoms with E-state index in [0.29, 0.717) is 6.42 Å². The van der Waals surface area contributed by atoms with Crippen molar-refractivity contribution < 1.29 is 14.3 Å². The Hall–Kier alpha value is -2.34. The zero-order chi connectivity index (χ0) is 15.9. The third-order valence-electron chi connectivity index (χ3n) is 3.46. The average Bonchev–Trinajstić information content (AvgIpc) is 2.56. The van der Waals surface area contributed by atoms with Gasteiger partial charge in [0.2, 0.25) is 0 Å². The second-order valence-corrected chi connectivity index (χ2v) is 4.89. The van der Waals surface area contributed by atoms with Crippen LogP contribution in [0.3, 0.4) is 0 Å². The molecule has 0 radical (unpaired) electrons. The predicted octanol–water partition coefficient (Wildman–Crippen LogP) is 2.03. The number of carbonyl (C=O) groups is 1. The molecule has 22 heavy (non-hydrogen) atoms. The van der Waals surface area contributed by atoms with Crippen molar-refractivity contribution in [2.45, 2.75) is 25.9 Å². The number of carbonyl (C=O) groups excluding carboxylic acids is 1. The van der Waals surface area contributed by atoms with Gasteiger partial charge in [-0.05, 0) is 24.1 Å². The lowest BCUT2D eigenvalue weighted by atomic mass is 10.1. The van der Waals surface area contributed by atoms with E-state index in [1.54, 1.807) is 18.5 Å². The molecule has 0 aromatic carbocycles. The summed E-state index contributed by atoms with van der Waals surface area (Å²) < 4.78 is 13.8. The number of pyridine rings is 2. The molecule has 6 heteroatoms. The minimum absolute atomic E-state index is 0.0502. The fourth-order valence-electron chi connectivity index (χ4n) is 2.21. The van der Waals surface area contributed by atoms with Crippen molar-refractivity contribution in [3.63, 3.8) is 0 Å². The van der Waals surface area contributed by atoms with Gasteiger partial charge in [0, 0.05) is 25.1 Å². The molecule has 0 bridgehead atoms. The monoisotopic (exact) mass is 303 g/mol. The summed E-state index contributed by atoms with van der Waals surface area (Å²) in [5.41, 5.74) is 0.767. The number of amides is 1. The Bertz CT molecular complexity index is 618. The maximum atomic E-state index is 13.8. The minimum atomic E-state index is -0.670. The number of rotatable bonds is 6. The summed E-state index contributed by atoms with van der Waals surface area (Å²) in [7, 11) is 0. The summed E-state index contributed by atoms with van der Waals surface area (Å²) in [4.78, 5) is 21.8. The molecular formula is C16H18FN3O2. The molecule has 0 aliphatic rings. The Labute approximate surface area is 128 Å². The average molecular weight is 303 g/mol. The van der Waals surface area contributed by atoms with Gasteiger partial charge in [-0.1, -0.05) is 13.0 Å². The SMILES string of the molecule is CCC(CO)N(Cc1cccnc1)C(=O)c1ccncc1F. The molecule has 0 saturated carbocycles. The van der Waals surface area contributed by atoms with E-state index in [0.717, 1.165) is 11.8 Å². The molecule has 1 atom stereocenters. The number of hydrogen-bond donors (Lipinski definition) is 1. The van der Waals surface area contributed by atoms with Gasteiger partial charge in [0.15, 0.2) is 5.82 Å². The number of nitrogens with zero attached hydrogens (tertiary/aromatic N) is 3. The van der Waals surface area contributed by atoms with E-state index >= 15 is 0 Å². The van der Waals surface area contributed by atoms with E-state index in [1.807, 2.05) is 13.0 Å². The van der Waals surface area contributed by atoms with Crippen LogP contribution in [-0.4, -0.2) is 38.5 Å². The molecule has 116 valence electrons. The number of aromatic nitrogens is 2. The smallest absolute Gasteiger partial charge is 0.257 e. The van der Waals surface area contributed by atoms with Gasteiger partial charge in [0.25, 0.3) is 5.91 Å². The zero-order valence-electron chi connectivity index (χ0n) is 12.3. The van der Waals surface area contributed by atoms with E-state index < -0.39 is 11.7 Å². The van der Waals surface area contributed by atoms with Crippen LogP contribution in [-0.2, 0) is 6.54 Å². The van der Waals surface area contributed by atoms with Crippen molar-refractivity contribution in [2.24, 2.45) is 0 Å². The normalized spacial score (nSPS) is 12.0. The Morgan fingerprint density at radius 2 is 2.09 bits per heavy atom. The van der Waals surface area contributed by atoms with Crippen LogP contribution in [0.25, 0.3) is 0 Å². The van der Waals surface area contributed by atoms with Crippen LogP contribution in [0, 0.1) is 5.82 Å². The highest BCUT2D eigenvalue weighted by molar-refractivity contribution is 5.94. The van der Waals surface area contributed by atoms with E-state index in [9.17, 15) is 14.3 Å². The lowest BCUT2D eigenvalue weighted by Crippen LogP contribution is -2.42. The molecule has 0 saturated heterocycles. The number of hydrogen-bond acceptors (Lipinski definition) is 4. The molecule has 2 aromatic rings. The molecule has 0 aliphatic heterocycles. The van der Waals surface area contributed by atoms with Crippen molar-refractivity contribution in [1.82, 2.24) is 14.9 Å². The highest BCUT2D eigenvalue weighted by Crippen LogP contribution is 2.16. The van der Waals surface area contributed by atoms with Crippen molar-refractivity contribution in [3.05, 3.63) is 59.9 Å². The van der Waals surface area contributed by atoms with Crippen LogP contribution >= 0.6 is 0 Å². The van der Waals surface area contributed by atoms with Crippen molar-refractivity contribution in [1.29, 1.82) is 0 Å². The lowest BCUT2D eigenvalue weighted by Gasteiger charge is -2.30. The first kappa shape index (κ1) is 16.0. The van der Waals surface area contributed by atoms with Crippen LogP contribution in [0.2, 0.25) is 0 Å². The summed E-state index contributed by atoms with van der Waals surface area (Å²) in [6, 6.07) is 4.56. The summed E-state index contributed by atoms with van der Waals surface area (Å²) in [6.45, 7) is 1.94. The van der Waals surface area contributed by atoms with Gasteiger partial charge in [-0.15, -0.1) is 0 Å². The van der Waals surface area contributed by atoms with Crippen molar-refractivity contribution in [3.8, 4) is 0 Å². The summed E-state index contributed by atoms with van der Waals surface area (Å²) in [5.74, 6) is -1.14. The molecule has 2 heterocycles. The molecule has 0 spiro atoms. The van der Waals surface area contributed by atoms with Crippen LogP contribution in [0.15, 0.2) is 43.0 Å². The molecule has 2 rings (SSSR count). The van der Waals surface area contributed by atoms with Gasteiger partial charge >= 0.3 is 0 Å². The molecule has 2 aromatic heterocycles. The minimum Gasteiger partial charge on any atom is -0.394 e. The summed E-state index contributed by atoms with van der Waals surface area (Å²) >= 11 is 0. The number of halogens is 1. The maximum Gasteiger partial charge on any atom is 0.257 e. The fraction of sp³-hybridized carbons (Fsp3) is 0.312. The van der Waals surface area contributed by atoms with Crippen LogP contribution in [0.1, 0.15) is 29.3 Å². The van der Waals surface area contributed by atoms with Gasteiger partial charge < -0.3 is 10.0 Å². The van der Waals surface area contributed by atoms with Crippen molar-refractivity contribution in [2.75, 3.05) is 6.61 Å². The van der Waals surface area contributed by atoms with Crippen LogP contribution in [0.4, 0.5) is 4.39 Å². The number of aliphatic hydroxyl groups excluding tert-OH is 1. The topological polar surface area (TPSA) is 66.3 Å². The van der Waals surface area contributed by atoms with E-state index in [2.05, 4.69) is 9.97 Å². The van der Waals surface area contributed by atoms with E-state index in [-0.39, 0.29) is 24.8 Å². The quantitative estimate of drug-likeness (QED) is 0.886. The largest absolute Gasteiger partial charge is 0.394 e. The van der Waals surface area contributed by atoms with Crippen LogP contribution in [0.5, 0.6) is 0 Å². The Morgan fingerprint density at radius 3 is 2.68 bits per heavy atom. The molecule has 1 amide bonds. The van der Waals surface area contributed by atoms with Gasteiger partial charge in [0.1, 0.15) is 0 Å². The van der Waals surface area contributed by atoms with Gasteiger partial charge in [-0.25, -0.2) is 4.39 Å². The third-order valence-corrected chi connectivity index (χ3v) is 3.46. The maximum absolute atomic E-state index is 13.8. The second kappa shape index (κ2) is 7.61. The molecule has 0 fully saturated rings. The molecule has 1 N–H and O–H groups in total. The van der Waals surface area contributed by atoms with Gasteiger partial charge in [0.05, 0.1) is 24.4 Å². The lowest BCUT2D eigenvalue weighted by molar-refractivity contribution is 0.0558. The first-order valence-corrected chi connectivity index (χ1v) is 7.07. The van der Waals surface area contributed by atoms with Crippen molar-refractivity contribution >= 4 is 5.91 Å². The predicted molar refractivity (Wildman–Crippen MR) is 79.5 cm³/mol. The zero-order valence-corrected chi connectivity index (χ0v) is 12.3. The van der Waals surface area contributed by atoms with E-state index in [4.69, 9.17) is 0 Å². The van der Waals surface area contributed by atoms with Gasteiger partial charge in [-0.2, -0.15) is 0 Å². The first-order chi connectivity index (χ1) is 10.7. The summed E-state index contributed by atoms with van der Waals surface area (Å²) in [5, 5.41) is 9.52. The third kappa shape index (κ3) is 3.65. The van der Waals surface area contributed by atoms with Crippen LogP contribution < -0.4 is 0 Å². The molecule has 1 unspecified atom stereocenters. The fourth-order valence-corrected chi connectivity index (χ4v) is 2.21. The Kier molecular flexibility index (Phi) is 5.55. The Morgan fingerprint density at radius 1 is 1.32 bits per heavy atom. The van der Waals surface area contributed by atoms with E-state index in [1.165, 1.54) is 17.2 Å². The standard InChI is InChI=1S/C16H18FN3O2/c1-2-13(11-21)20(10-12-4-3-6-18-8-12)16(22)14-5-7-19-9-15(14)17/h3-9,13,21H,2,10-11H2,1H3. The first-order valence-electron chi connectivity index (χ1n) is 7.07.